The molecule has 0 saturated carbocycles. The maximum atomic E-state index is 13.5. The number of anilines is 1. The summed E-state index contributed by atoms with van der Waals surface area (Å²) in [6.45, 7) is 4.91. The van der Waals surface area contributed by atoms with E-state index in [1.165, 1.54) is 12.1 Å². The van der Waals surface area contributed by atoms with E-state index in [-0.39, 0.29) is 5.69 Å². The third-order valence-corrected chi connectivity index (χ3v) is 2.87. The van der Waals surface area contributed by atoms with Gasteiger partial charge in [0.05, 0.1) is 5.69 Å². The first kappa shape index (κ1) is 15.4. The van der Waals surface area contributed by atoms with Gasteiger partial charge in [-0.05, 0) is 32.9 Å². The molecule has 0 aliphatic heterocycles. The monoisotopic (exact) mass is 290 g/mol. The number of ether oxygens (including phenoxy) is 1. The molecule has 0 radical (unpaired) electrons. The highest BCUT2D eigenvalue weighted by molar-refractivity contribution is 7.89. The molecule has 0 fully saturated rings. The third kappa shape index (κ3) is 4.49. The number of amides is 1. The van der Waals surface area contributed by atoms with Gasteiger partial charge in [0.1, 0.15) is 16.3 Å². The summed E-state index contributed by atoms with van der Waals surface area (Å²) < 4.78 is 41.0. The molecule has 8 heteroatoms. The van der Waals surface area contributed by atoms with Gasteiger partial charge in [0, 0.05) is 0 Å². The average Bonchev–Trinajstić information content (AvgIpc) is 2.11. The lowest BCUT2D eigenvalue weighted by atomic mass is 10.2. The van der Waals surface area contributed by atoms with E-state index >= 15 is 0 Å². The zero-order valence-electron chi connectivity index (χ0n) is 10.7. The highest BCUT2D eigenvalue weighted by Crippen LogP contribution is 2.23. The van der Waals surface area contributed by atoms with E-state index in [1.807, 2.05) is 0 Å². The summed E-state index contributed by atoms with van der Waals surface area (Å²) in [4.78, 5) is 10.8. The molecule has 19 heavy (non-hydrogen) atoms. The van der Waals surface area contributed by atoms with Gasteiger partial charge in [-0.2, -0.15) is 0 Å². The van der Waals surface area contributed by atoms with Crippen LogP contribution in [0.2, 0.25) is 0 Å². The maximum absolute atomic E-state index is 13.5. The van der Waals surface area contributed by atoms with Gasteiger partial charge in [-0.15, -0.1) is 0 Å². The summed E-state index contributed by atoms with van der Waals surface area (Å²) in [6.07, 6.45) is -0.900. The van der Waals surface area contributed by atoms with E-state index in [4.69, 9.17) is 9.88 Å². The van der Waals surface area contributed by atoms with Crippen molar-refractivity contribution in [3.63, 3.8) is 0 Å². The molecule has 1 aromatic rings. The Labute approximate surface area is 110 Å². The standard InChI is InChI=1S/C11H15FN2O4S/c1-11(2,3)18-10(15)14-8-6-4-5-7(12)9(8)19(13,16)17/h4-6H,1-3H3,(H,14,15)(H2,13,16,17). The first-order valence-electron chi connectivity index (χ1n) is 5.32. The number of rotatable bonds is 2. The summed E-state index contributed by atoms with van der Waals surface area (Å²) >= 11 is 0. The molecule has 3 N–H and O–H groups in total. The molecule has 1 amide bonds. The normalized spacial score (nSPS) is 12.1. The number of nitrogens with one attached hydrogen (secondary N) is 1. The Kier molecular flexibility index (Phi) is 4.16. The van der Waals surface area contributed by atoms with Crippen LogP contribution in [0.25, 0.3) is 0 Å². The third-order valence-electron chi connectivity index (χ3n) is 1.89. The molecular formula is C11H15FN2O4S. The summed E-state index contributed by atoms with van der Waals surface area (Å²) in [5, 5.41) is 7.06. The fraction of sp³-hybridized carbons (Fsp3) is 0.364. The van der Waals surface area contributed by atoms with E-state index in [2.05, 4.69) is 5.32 Å². The topological polar surface area (TPSA) is 98.5 Å². The minimum Gasteiger partial charge on any atom is -0.444 e. The first-order chi connectivity index (χ1) is 8.50. The highest BCUT2D eigenvalue weighted by atomic mass is 32.2. The summed E-state index contributed by atoms with van der Waals surface area (Å²) in [6, 6.07) is 3.39. The van der Waals surface area contributed by atoms with E-state index in [9.17, 15) is 17.6 Å². The molecule has 0 bridgehead atoms. The first-order valence-corrected chi connectivity index (χ1v) is 6.86. The minimum absolute atomic E-state index is 0.267. The SMILES string of the molecule is CC(C)(C)OC(=O)Nc1cccc(F)c1S(N)(=O)=O. The lowest BCUT2D eigenvalue weighted by Crippen LogP contribution is -2.28. The van der Waals surface area contributed by atoms with Gasteiger partial charge >= 0.3 is 6.09 Å². The molecule has 0 spiro atoms. The number of hydrogen-bond acceptors (Lipinski definition) is 4. The Morgan fingerprint density at radius 2 is 1.95 bits per heavy atom. The van der Waals surface area contributed by atoms with Crippen molar-refractivity contribution in [3.8, 4) is 0 Å². The van der Waals surface area contributed by atoms with Gasteiger partial charge in [0.15, 0.2) is 0 Å². The minimum atomic E-state index is -4.30. The molecular weight excluding hydrogens is 275 g/mol. The molecule has 106 valence electrons. The van der Waals surface area contributed by atoms with Crippen LogP contribution in [0.5, 0.6) is 0 Å². The molecule has 1 aromatic carbocycles. The Balaban J connectivity index is 3.10. The van der Waals surface area contributed by atoms with Gasteiger partial charge in [-0.25, -0.2) is 22.7 Å². The van der Waals surface area contributed by atoms with Crippen LogP contribution in [0.4, 0.5) is 14.9 Å². The van der Waals surface area contributed by atoms with Crippen LogP contribution >= 0.6 is 0 Å². The molecule has 0 unspecified atom stereocenters. The fourth-order valence-corrected chi connectivity index (χ4v) is 2.08. The van der Waals surface area contributed by atoms with Crippen LogP contribution in [0, 0.1) is 5.82 Å². The number of carbonyl (C=O) groups is 1. The van der Waals surface area contributed by atoms with Crippen molar-refractivity contribution in [3.05, 3.63) is 24.0 Å². The maximum Gasteiger partial charge on any atom is 0.412 e. The van der Waals surface area contributed by atoms with E-state index in [0.29, 0.717) is 0 Å². The molecule has 0 heterocycles. The Morgan fingerprint density at radius 1 is 1.37 bits per heavy atom. The molecule has 0 aromatic heterocycles. The van der Waals surface area contributed by atoms with Crippen LogP contribution in [-0.4, -0.2) is 20.1 Å². The molecule has 0 saturated heterocycles. The van der Waals surface area contributed by atoms with Crippen LogP contribution in [0.1, 0.15) is 20.8 Å². The summed E-state index contributed by atoms with van der Waals surface area (Å²) in [5.74, 6) is -1.05. The van der Waals surface area contributed by atoms with Gasteiger partial charge in [-0.3, -0.25) is 5.32 Å². The molecule has 0 aliphatic rings. The van der Waals surface area contributed by atoms with Crippen molar-refractivity contribution in [2.24, 2.45) is 5.14 Å². The van der Waals surface area contributed by atoms with Gasteiger partial charge in [-0.1, -0.05) is 6.07 Å². The highest BCUT2D eigenvalue weighted by Gasteiger charge is 2.23. The number of benzene rings is 1. The van der Waals surface area contributed by atoms with Gasteiger partial charge in [0.25, 0.3) is 0 Å². The van der Waals surface area contributed by atoms with Crippen LogP contribution in [0.15, 0.2) is 23.1 Å². The van der Waals surface area contributed by atoms with E-state index in [0.717, 1.165) is 6.07 Å². The molecule has 0 atom stereocenters. The Bertz CT molecular complexity index is 593. The number of nitrogens with two attached hydrogens (primary N) is 1. The predicted molar refractivity (Wildman–Crippen MR) is 67.6 cm³/mol. The number of halogens is 1. The van der Waals surface area contributed by atoms with Gasteiger partial charge < -0.3 is 4.74 Å². The number of hydrogen-bond donors (Lipinski definition) is 2. The smallest absolute Gasteiger partial charge is 0.412 e. The number of sulfonamides is 1. The van der Waals surface area contributed by atoms with E-state index in [1.54, 1.807) is 20.8 Å². The van der Waals surface area contributed by atoms with Crippen molar-refractivity contribution >= 4 is 21.8 Å². The van der Waals surface area contributed by atoms with Crippen LogP contribution in [0.3, 0.4) is 0 Å². The second kappa shape index (κ2) is 5.14. The largest absolute Gasteiger partial charge is 0.444 e. The Hall–Kier alpha value is -1.67. The summed E-state index contributed by atoms with van der Waals surface area (Å²) in [5.41, 5.74) is -1.03. The van der Waals surface area contributed by atoms with Gasteiger partial charge in [0.2, 0.25) is 10.0 Å². The second-order valence-corrected chi connectivity index (χ2v) is 6.29. The average molecular weight is 290 g/mol. The molecule has 6 nitrogen and oxygen atoms in total. The van der Waals surface area contributed by atoms with Crippen molar-refractivity contribution in [2.75, 3.05) is 5.32 Å². The zero-order chi connectivity index (χ0) is 14.8. The molecule has 1 rings (SSSR count). The second-order valence-electron chi connectivity index (χ2n) is 4.79. The summed E-state index contributed by atoms with van der Waals surface area (Å²) in [7, 11) is -4.30. The van der Waals surface area contributed by atoms with E-state index < -0.39 is 32.4 Å². The van der Waals surface area contributed by atoms with Crippen LogP contribution in [-0.2, 0) is 14.8 Å². The van der Waals surface area contributed by atoms with Crippen LogP contribution < -0.4 is 10.5 Å². The van der Waals surface area contributed by atoms with Crippen molar-refractivity contribution in [2.45, 2.75) is 31.3 Å². The zero-order valence-corrected chi connectivity index (χ0v) is 11.5. The lowest BCUT2D eigenvalue weighted by Gasteiger charge is -2.20. The van der Waals surface area contributed by atoms with Crippen molar-refractivity contribution < 1.29 is 22.3 Å². The number of carbonyl (C=O) groups excluding carboxylic acids is 1. The Morgan fingerprint density at radius 3 is 2.42 bits per heavy atom. The lowest BCUT2D eigenvalue weighted by molar-refractivity contribution is 0.0635. The molecule has 0 aliphatic carbocycles. The quantitative estimate of drug-likeness (QED) is 0.867. The predicted octanol–water partition coefficient (Wildman–Crippen LogP) is 1.82. The number of primary sulfonamides is 1. The van der Waals surface area contributed by atoms with Crippen molar-refractivity contribution in [1.82, 2.24) is 0 Å². The fourth-order valence-electron chi connectivity index (χ4n) is 1.31. The van der Waals surface area contributed by atoms with Crippen molar-refractivity contribution in [1.29, 1.82) is 0 Å².